The Morgan fingerprint density at radius 1 is 1.36 bits per heavy atom. The van der Waals surface area contributed by atoms with E-state index < -0.39 is 0 Å². The van der Waals surface area contributed by atoms with Gasteiger partial charge in [0.1, 0.15) is 5.69 Å². The van der Waals surface area contributed by atoms with Gasteiger partial charge in [0.25, 0.3) is 5.91 Å². The van der Waals surface area contributed by atoms with Crippen molar-refractivity contribution in [3.05, 3.63) is 40.2 Å². The molecule has 1 aliphatic carbocycles. The number of aromatic nitrogens is 3. The quantitative estimate of drug-likeness (QED) is 0.765. The molecule has 6 heteroatoms. The van der Waals surface area contributed by atoms with Crippen LogP contribution < -0.4 is 5.32 Å². The largest absolute Gasteiger partial charge is 0.347 e. The topological polar surface area (TPSA) is 51.9 Å². The summed E-state index contributed by atoms with van der Waals surface area (Å²) in [6.07, 6.45) is 4.84. The minimum Gasteiger partial charge on any atom is -0.347 e. The molecule has 0 aromatic carbocycles. The van der Waals surface area contributed by atoms with Gasteiger partial charge in [-0.15, -0.1) is 11.3 Å². The zero-order valence-corrected chi connectivity index (χ0v) is 15.8. The lowest BCUT2D eigenvalue weighted by atomic mass is 10.2. The molecule has 0 atom stereocenters. The third-order valence-electron chi connectivity index (χ3n) is 5.47. The van der Waals surface area contributed by atoms with E-state index in [2.05, 4.69) is 32.5 Å². The van der Waals surface area contributed by atoms with Crippen molar-refractivity contribution in [3.8, 4) is 0 Å². The zero-order chi connectivity index (χ0) is 17.6. The molecule has 1 aliphatic rings. The van der Waals surface area contributed by atoms with E-state index in [4.69, 9.17) is 0 Å². The summed E-state index contributed by atoms with van der Waals surface area (Å²) in [5.74, 6) is 0.0120. The normalized spacial score (nSPS) is 15.3. The van der Waals surface area contributed by atoms with Gasteiger partial charge in [0.2, 0.25) is 0 Å². The fraction of sp³-hybridized carbons (Fsp3) is 0.474. The van der Waals surface area contributed by atoms with Crippen LogP contribution in [0.4, 0.5) is 0 Å². The van der Waals surface area contributed by atoms with Gasteiger partial charge < -0.3 is 9.88 Å². The number of hydrogen-bond acceptors (Lipinski definition) is 3. The van der Waals surface area contributed by atoms with Crippen LogP contribution >= 0.6 is 11.3 Å². The number of rotatable bonds is 4. The van der Waals surface area contributed by atoms with Crippen molar-refractivity contribution in [2.75, 3.05) is 0 Å². The van der Waals surface area contributed by atoms with Crippen LogP contribution in [0.2, 0.25) is 0 Å². The molecule has 3 aromatic heterocycles. The molecule has 3 heterocycles. The Balaban J connectivity index is 1.61. The highest BCUT2D eigenvalue weighted by molar-refractivity contribution is 7.17. The predicted molar refractivity (Wildman–Crippen MR) is 101 cm³/mol. The van der Waals surface area contributed by atoms with Crippen molar-refractivity contribution >= 4 is 27.5 Å². The zero-order valence-electron chi connectivity index (χ0n) is 15.0. The molecule has 3 aromatic rings. The summed E-state index contributed by atoms with van der Waals surface area (Å²) in [6.45, 7) is 4.55. The summed E-state index contributed by atoms with van der Waals surface area (Å²) < 4.78 is 5.34. The van der Waals surface area contributed by atoms with E-state index >= 15 is 0 Å². The van der Waals surface area contributed by atoms with E-state index in [1.165, 1.54) is 35.9 Å². The minimum absolute atomic E-state index is 0.0120. The lowest BCUT2D eigenvalue weighted by Crippen LogP contribution is -2.26. The van der Waals surface area contributed by atoms with E-state index in [-0.39, 0.29) is 5.91 Å². The number of thiophene rings is 1. The number of nitrogens with one attached hydrogen (secondary N) is 1. The molecule has 0 aliphatic heterocycles. The SMILES string of the molecule is Cc1nn(C)c(C)c1CNC(=O)c1cc2sccc2n1C1CCCC1. The van der Waals surface area contributed by atoms with Gasteiger partial charge in [-0.25, -0.2) is 0 Å². The Morgan fingerprint density at radius 3 is 2.80 bits per heavy atom. The summed E-state index contributed by atoms with van der Waals surface area (Å²) in [4.78, 5) is 12.9. The lowest BCUT2D eigenvalue weighted by molar-refractivity contribution is 0.0940. The van der Waals surface area contributed by atoms with Gasteiger partial charge in [-0.3, -0.25) is 9.48 Å². The second-order valence-corrected chi connectivity index (χ2v) is 7.91. The Kier molecular flexibility index (Phi) is 4.15. The van der Waals surface area contributed by atoms with Crippen molar-refractivity contribution in [2.24, 2.45) is 7.05 Å². The summed E-state index contributed by atoms with van der Waals surface area (Å²) in [5, 5.41) is 9.66. The molecular formula is C19H24N4OS. The van der Waals surface area contributed by atoms with Gasteiger partial charge in [-0.05, 0) is 44.2 Å². The average molecular weight is 356 g/mol. The number of amides is 1. The highest BCUT2D eigenvalue weighted by atomic mass is 32.1. The first-order chi connectivity index (χ1) is 12.1. The molecule has 5 nitrogen and oxygen atoms in total. The van der Waals surface area contributed by atoms with E-state index in [0.29, 0.717) is 12.6 Å². The number of hydrogen-bond donors (Lipinski definition) is 1. The molecule has 0 bridgehead atoms. The van der Waals surface area contributed by atoms with Crippen LogP contribution in [0, 0.1) is 13.8 Å². The van der Waals surface area contributed by atoms with Crippen LogP contribution in [-0.4, -0.2) is 20.3 Å². The van der Waals surface area contributed by atoms with Gasteiger partial charge in [0.15, 0.2) is 0 Å². The summed E-state index contributed by atoms with van der Waals surface area (Å²) in [6, 6.07) is 4.65. The van der Waals surface area contributed by atoms with Crippen LogP contribution in [-0.2, 0) is 13.6 Å². The summed E-state index contributed by atoms with van der Waals surface area (Å²) >= 11 is 1.71. The number of fused-ring (bicyclic) bond motifs is 1. The van der Waals surface area contributed by atoms with E-state index in [1.807, 2.05) is 25.6 Å². The third-order valence-corrected chi connectivity index (χ3v) is 6.32. The molecule has 0 radical (unpaired) electrons. The molecule has 4 rings (SSSR count). The first-order valence-electron chi connectivity index (χ1n) is 8.92. The van der Waals surface area contributed by atoms with Crippen molar-refractivity contribution in [3.63, 3.8) is 0 Å². The maximum Gasteiger partial charge on any atom is 0.268 e. The number of carbonyl (C=O) groups is 1. The summed E-state index contributed by atoms with van der Waals surface area (Å²) in [7, 11) is 1.94. The van der Waals surface area contributed by atoms with Gasteiger partial charge in [0.05, 0.1) is 15.9 Å². The molecule has 1 amide bonds. The second kappa shape index (κ2) is 6.33. The highest BCUT2D eigenvalue weighted by Crippen LogP contribution is 2.36. The molecule has 132 valence electrons. The van der Waals surface area contributed by atoms with Crippen LogP contribution in [0.15, 0.2) is 17.5 Å². The average Bonchev–Trinajstić information content (AvgIpc) is 3.32. The molecule has 25 heavy (non-hydrogen) atoms. The van der Waals surface area contributed by atoms with Crippen molar-refractivity contribution in [1.29, 1.82) is 0 Å². The molecule has 1 N–H and O–H groups in total. The number of carbonyl (C=O) groups excluding carboxylic acids is 1. The van der Waals surface area contributed by atoms with Crippen LogP contribution in [0.5, 0.6) is 0 Å². The first-order valence-corrected chi connectivity index (χ1v) is 9.80. The fourth-order valence-corrected chi connectivity index (χ4v) is 4.82. The smallest absolute Gasteiger partial charge is 0.268 e. The standard InChI is InChI=1S/C19H24N4OS/c1-12-15(13(2)22(3)21-12)11-20-19(24)17-10-18-16(8-9-25-18)23(17)14-6-4-5-7-14/h8-10,14H,4-7,11H2,1-3H3,(H,20,24). The Hall–Kier alpha value is -2.08. The van der Waals surface area contributed by atoms with Gasteiger partial charge >= 0.3 is 0 Å². The number of nitrogens with zero attached hydrogens (tertiary/aromatic N) is 3. The summed E-state index contributed by atoms with van der Waals surface area (Å²) in [5.41, 5.74) is 5.19. The molecule has 0 spiro atoms. The van der Waals surface area contributed by atoms with Crippen LogP contribution in [0.3, 0.4) is 0 Å². The fourth-order valence-electron chi connectivity index (χ4n) is 4.01. The Morgan fingerprint density at radius 2 is 2.12 bits per heavy atom. The van der Waals surface area contributed by atoms with Crippen LogP contribution in [0.25, 0.3) is 10.2 Å². The van der Waals surface area contributed by atoms with E-state index in [9.17, 15) is 4.79 Å². The monoisotopic (exact) mass is 356 g/mol. The first kappa shape index (κ1) is 16.4. The number of aryl methyl sites for hydroxylation is 2. The van der Waals surface area contributed by atoms with E-state index in [1.54, 1.807) is 11.3 Å². The Labute approximate surface area is 151 Å². The lowest BCUT2D eigenvalue weighted by Gasteiger charge is -2.17. The van der Waals surface area contributed by atoms with Gasteiger partial charge in [-0.2, -0.15) is 5.10 Å². The van der Waals surface area contributed by atoms with Crippen molar-refractivity contribution in [1.82, 2.24) is 19.7 Å². The highest BCUT2D eigenvalue weighted by Gasteiger charge is 2.25. The van der Waals surface area contributed by atoms with Gasteiger partial charge in [0, 0.05) is 30.9 Å². The molecule has 0 saturated heterocycles. The van der Waals surface area contributed by atoms with Crippen LogP contribution in [0.1, 0.15) is 59.2 Å². The predicted octanol–water partition coefficient (Wildman–Crippen LogP) is 4.10. The van der Waals surface area contributed by atoms with Crippen molar-refractivity contribution in [2.45, 2.75) is 52.1 Å². The van der Waals surface area contributed by atoms with E-state index in [0.717, 1.165) is 22.6 Å². The molecule has 0 unspecified atom stereocenters. The third kappa shape index (κ3) is 2.78. The molecular weight excluding hydrogens is 332 g/mol. The molecule has 1 saturated carbocycles. The molecule has 1 fully saturated rings. The van der Waals surface area contributed by atoms with Gasteiger partial charge in [-0.1, -0.05) is 12.8 Å². The minimum atomic E-state index is 0.0120. The second-order valence-electron chi connectivity index (χ2n) is 6.96. The maximum absolute atomic E-state index is 12.9. The Bertz CT molecular complexity index is 927. The van der Waals surface area contributed by atoms with Crippen molar-refractivity contribution < 1.29 is 4.79 Å². The maximum atomic E-state index is 12.9.